The summed E-state index contributed by atoms with van der Waals surface area (Å²) in [4.78, 5) is 16.8. The number of amides is 1. The van der Waals surface area contributed by atoms with Crippen LogP contribution in [0.25, 0.3) is 10.9 Å². The number of para-hydroxylation sites is 1. The summed E-state index contributed by atoms with van der Waals surface area (Å²) in [5.41, 5.74) is 5.96. The van der Waals surface area contributed by atoms with Crippen molar-refractivity contribution in [1.29, 1.82) is 0 Å². The number of nitrogens with one attached hydrogen (secondary N) is 1. The number of nitrogens with zero attached hydrogens (tertiary/aromatic N) is 2. The summed E-state index contributed by atoms with van der Waals surface area (Å²) < 4.78 is 1.84. The minimum absolute atomic E-state index is 0.346. The number of aromatic nitrogens is 2. The lowest BCUT2D eigenvalue weighted by Gasteiger charge is -2.04. The van der Waals surface area contributed by atoms with Crippen LogP contribution in [0.5, 0.6) is 0 Å². The van der Waals surface area contributed by atoms with Crippen LogP contribution in [-0.2, 0) is 11.4 Å². The molecular weight excluding hydrogens is 278 g/mol. The van der Waals surface area contributed by atoms with E-state index >= 15 is 0 Å². The van der Waals surface area contributed by atoms with Gasteiger partial charge in [-0.25, -0.2) is 5.48 Å². The number of fused-ring (bicyclic) bond motifs is 1. The van der Waals surface area contributed by atoms with Gasteiger partial charge in [-0.1, -0.05) is 48.0 Å². The van der Waals surface area contributed by atoms with Crippen LogP contribution in [0.1, 0.15) is 21.6 Å². The Morgan fingerprint density at radius 2 is 1.91 bits per heavy atom. The van der Waals surface area contributed by atoms with E-state index in [1.54, 1.807) is 0 Å². The van der Waals surface area contributed by atoms with Crippen LogP contribution < -0.4 is 5.48 Å². The Morgan fingerprint density at radius 3 is 2.64 bits per heavy atom. The third-order valence-electron chi connectivity index (χ3n) is 3.52. The summed E-state index contributed by atoms with van der Waals surface area (Å²) in [5, 5.41) is 5.26. The van der Waals surface area contributed by atoms with Gasteiger partial charge in [0.15, 0.2) is 5.69 Å². The first-order valence-corrected chi connectivity index (χ1v) is 7.03. The van der Waals surface area contributed by atoms with Crippen molar-refractivity contribution in [3.8, 4) is 0 Å². The summed E-state index contributed by atoms with van der Waals surface area (Å²) in [5.74, 6) is -0.346. The second-order valence-corrected chi connectivity index (χ2v) is 5.14. The average molecular weight is 295 g/mol. The van der Waals surface area contributed by atoms with E-state index in [-0.39, 0.29) is 5.91 Å². The highest BCUT2D eigenvalue weighted by molar-refractivity contribution is 6.04. The third-order valence-corrected chi connectivity index (χ3v) is 3.52. The number of carbonyl (C=O) groups is 1. The van der Waals surface area contributed by atoms with E-state index < -0.39 is 0 Å². The molecule has 0 fully saturated rings. The van der Waals surface area contributed by atoms with E-state index in [9.17, 15) is 4.79 Å². The number of hydroxylamine groups is 1. The number of rotatable bonds is 4. The van der Waals surface area contributed by atoms with Gasteiger partial charge in [0, 0.05) is 5.39 Å². The fraction of sp³-hybridized carbons (Fsp3) is 0.176. The fourth-order valence-electron chi connectivity index (χ4n) is 2.42. The Hall–Kier alpha value is -2.66. The smallest absolute Gasteiger partial charge is 0.277 e. The van der Waals surface area contributed by atoms with E-state index in [4.69, 9.17) is 4.84 Å². The zero-order chi connectivity index (χ0) is 15.5. The maximum Gasteiger partial charge on any atom is 0.295 e. The highest BCUT2D eigenvalue weighted by atomic mass is 16.6. The van der Waals surface area contributed by atoms with Crippen molar-refractivity contribution in [1.82, 2.24) is 15.3 Å². The first-order chi connectivity index (χ1) is 10.7. The van der Waals surface area contributed by atoms with Gasteiger partial charge >= 0.3 is 0 Å². The number of aryl methyl sites for hydroxylation is 1. The van der Waals surface area contributed by atoms with Crippen LogP contribution >= 0.6 is 0 Å². The molecule has 0 radical (unpaired) electrons. The molecule has 22 heavy (non-hydrogen) atoms. The molecule has 1 N–H and O–H groups in total. The SMILES string of the molecule is CONC(=O)c1nn(Cc2ccc(C)cc2)c2ccccc12. The van der Waals surface area contributed by atoms with Gasteiger partial charge in [0.2, 0.25) is 0 Å². The molecule has 1 aromatic heterocycles. The molecule has 112 valence electrons. The molecule has 3 aromatic rings. The van der Waals surface area contributed by atoms with Crippen molar-refractivity contribution in [2.45, 2.75) is 13.5 Å². The Balaban J connectivity index is 2.02. The molecule has 0 saturated carbocycles. The molecule has 0 saturated heterocycles. The molecule has 5 heteroatoms. The Kier molecular flexibility index (Phi) is 3.89. The van der Waals surface area contributed by atoms with Crippen molar-refractivity contribution in [3.63, 3.8) is 0 Å². The number of hydrogen-bond donors (Lipinski definition) is 1. The normalized spacial score (nSPS) is 10.8. The van der Waals surface area contributed by atoms with Crippen LogP contribution in [0, 0.1) is 6.92 Å². The topological polar surface area (TPSA) is 56.1 Å². The van der Waals surface area contributed by atoms with Gasteiger partial charge in [-0.05, 0) is 18.6 Å². The standard InChI is InChI=1S/C17H17N3O2/c1-12-7-9-13(10-8-12)11-20-15-6-4-3-5-14(15)16(18-20)17(21)19-22-2/h3-10H,11H2,1-2H3,(H,19,21). The molecule has 0 spiro atoms. The Morgan fingerprint density at radius 1 is 1.18 bits per heavy atom. The lowest BCUT2D eigenvalue weighted by atomic mass is 10.1. The highest BCUT2D eigenvalue weighted by Gasteiger charge is 2.16. The van der Waals surface area contributed by atoms with Gasteiger partial charge in [0.25, 0.3) is 5.91 Å². The van der Waals surface area contributed by atoms with Gasteiger partial charge in [0.1, 0.15) is 0 Å². The van der Waals surface area contributed by atoms with Crippen molar-refractivity contribution < 1.29 is 9.63 Å². The molecule has 0 aliphatic heterocycles. The average Bonchev–Trinajstić information content (AvgIpc) is 2.89. The Labute approximate surface area is 128 Å². The van der Waals surface area contributed by atoms with E-state index in [1.807, 2.05) is 28.9 Å². The van der Waals surface area contributed by atoms with E-state index in [0.717, 1.165) is 16.5 Å². The van der Waals surface area contributed by atoms with Crippen LogP contribution in [0.3, 0.4) is 0 Å². The van der Waals surface area contributed by atoms with Crippen molar-refractivity contribution in [2.75, 3.05) is 7.11 Å². The maximum atomic E-state index is 12.1. The molecule has 2 aromatic carbocycles. The molecule has 0 atom stereocenters. The first kappa shape index (κ1) is 14.3. The van der Waals surface area contributed by atoms with E-state index in [1.165, 1.54) is 12.7 Å². The summed E-state index contributed by atoms with van der Waals surface area (Å²) in [6, 6.07) is 16.0. The van der Waals surface area contributed by atoms with Crippen LogP contribution in [-0.4, -0.2) is 22.8 Å². The zero-order valence-electron chi connectivity index (χ0n) is 12.5. The minimum atomic E-state index is -0.346. The summed E-state index contributed by atoms with van der Waals surface area (Å²) in [7, 11) is 1.41. The van der Waals surface area contributed by atoms with E-state index in [0.29, 0.717) is 12.2 Å². The molecule has 0 aliphatic rings. The lowest BCUT2D eigenvalue weighted by molar-refractivity contribution is 0.0533. The van der Waals surface area contributed by atoms with Crippen molar-refractivity contribution in [3.05, 3.63) is 65.4 Å². The van der Waals surface area contributed by atoms with Gasteiger partial charge < -0.3 is 0 Å². The molecule has 0 unspecified atom stereocenters. The van der Waals surface area contributed by atoms with Crippen LogP contribution in [0.15, 0.2) is 48.5 Å². The first-order valence-electron chi connectivity index (χ1n) is 7.03. The molecular formula is C17H17N3O2. The van der Waals surface area contributed by atoms with Gasteiger partial charge in [0.05, 0.1) is 19.2 Å². The van der Waals surface area contributed by atoms with Crippen LogP contribution in [0.2, 0.25) is 0 Å². The second-order valence-electron chi connectivity index (χ2n) is 5.14. The lowest BCUT2D eigenvalue weighted by Crippen LogP contribution is -2.22. The summed E-state index contributed by atoms with van der Waals surface area (Å²) in [6.45, 7) is 2.67. The van der Waals surface area contributed by atoms with Gasteiger partial charge in [-0.15, -0.1) is 0 Å². The summed E-state index contributed by atoms with van der Waals surface area (Å²) in [6.07, 6.45) is 0. The quantitative estimate of drug-likeness (QED) is 0.753. The number of benzene rings is 2. The fourth-order valence-corrected chi connectivity index (χ4v) is 2.42. The van der Waals surface area contributed by atoms with E-state index in [2.05, 4.69) is 41.8 Å². The maximum absolute atomic E-state index is 12.1. The number of hydrogen-bond acceptors (Lipinski definition) is 3. The van der Waals surface area contributed by atoms with Gasteiger partial charge in [-0.3, -0.25) is 14.3 Å². The molecule has 0 bridgehead atoms. The third kappa shape index (κ3) is 2.71. The van der Waals surface area contributed by atoms with Crippen molar-refractivity contribution in [2.24, 2.45) is 0 Å². The number of carbonyl (C=O) groups excluding carboxylic acids is 1. The monoisotopic (exact) mass is 295 g/mol. The zero-order valence-corrected chi connectivity index (χ0v) is 12.5. The molecule has 5 nitrogen and oxygen atoms in total. The van der Waals surface area contributed by atoms with Gasteiger partial charge in [-0.2, -0.15) is 5.10 Å². The predicted molar refractivity (Wildman–Crippen MR) is 84.5 cm³/mol. The molecule has 1 amide bonds. The van der Waals surface area contributed by atoms with Crippen molar-refractivity contribution >= 4 is 16.8 Å². The molecule has 0 aliphatic carbocycles. The molecule has 3 rings (SSSR count). The van der Waals surface area contributed by atoms with Crippen LogP contribution in [0.4, 0.5) is 0 Å². The predicted octanol–water partition coefficient (Wildman–Crippen LogP) is 2.68. The summed E-state index contributed by atoms with van der Waals surface area (Å²) >= 11 is 0. The Bertz CT molecular complexity index is 806. The molecule has 1 heterocycles. The minimum Gasteiger partial charge on any atom is -0.277 e. The largest absolute Gasteiger partial charge is 0.295 e. The highest BCUT2D eigenvalue weighted by Crippen LogP contribution is 2.19. The second kappa shape index (κ2) is 5.99.